The molecule has 4 nitrogen and oxygen atoms in total. The molecule has 0 aromatic heterocycles. The lowest BCUT2D eigenvalue weighted by Crippen LogP contribution is -2.25. The van der Waals surface area contributed by atoms with Gasteiger partial charge in [0.15, 0.2) is 0 Å². The molecular formula is C16H19BrNO3-. The number of amides is 1. The van der Waals surface area contributed by atoms with Crippen LogP contribution in [0.4, 0.5) is 5.69 Å². The summed E-state index contributed by atoms with van der Waals surface area (Å²) >= 11 is 3.21. The molecule has 1 aromatic carbocycles. The lowest BCUT2D eigenvalue weighted by atomic mass is 9.86. The normalized spacial score (nSPS) is 15.7. The molecule has 0 aliphatic heterocycles. The highest BCUT2D eigenvalue weighted by Crippen LogP contribution is 2.27. The molecule has 1 saturated carbocycles. The lowest BCUT2D eigenvalue weighted by molar-refractivity contribution is -0.254. The van der Waals surface area contributed by atoms with Gasteiger partial charge in [0.25, 0.3) is 0 Å². The third kappa shape index (κ3) is 4.84. The average molecular weight is 353 g/mol. The van der Waals surface area contributed by atoms with Crippen molar-refractivity contribution in [3.63, 3.8) is 0 Å². The Morgan fingerprint density at radius 3 is 2.62 bits per heavy atom. The topological polar surface area (TPSA) is 69.2 Å². The van der Waals surface area contributed by atoms with Crippen LogP contribution in [0, 0.1) is 5.92 Å². The molecule has 21 heavy (non-hydrogen) atoms. The third-order valence-corrected chi connectivity index (χ3v) is 4.47. The number of halogens is 1. The fourth-order valence-corrected chi connectivity index (χ4v) is 3.18. The van der Waals surface area contributed by atoms with Crippen LogP contribution >= 0.6 is 15.9 Å². The summed E-state index contributed by atoms with van der Waals surface area (Å²) in [7, 11) is 0. The quantitative estimate of drug-likeness (QED) is 0.884. The summed E-state index contributed by atoms with van der Waals surface area (Å²) in [6.07, 6.45) is 7.54. The predicted octanol–water partition coefficient (Wildman–Crippen LogP) is 3.11. The third-order valence-electron chi connectivity index (χ3n) is 3.98. The van der Waals surface area contributed by atoms with E-state index in [9.17, 15) is 14.7 Å². The van der Waals surface area contributed by atoms with Gasteiger partial charge in [0.2, 0.25) is 5.91 Å². The van der Waals surface area contributed by atoms with Crippen LogP contribution in [-0.4, -0.2) is 11.9 Å². The molecule has 0 spiro atoms. The largest absolute Gasteiger partial charge is 0.545 e. The second kappa shape index (κ2) is 7.59. The molecule has 1 aromatic rings. The van der Waals surface area contributed by atoms with Gasteiger partial charge < -0.3 is 15.2 Å². The molecule has 0 heterocycles. The molecule has 5 heteroatoms. The number of carboxylic acid groups (broad SMARTS) is 1. The van der Waals surface area contributed by atoms with E-state index in [1.165, 1.54) is 38.2 Å². The van der Waals surface area contributed by atoms with E-state index in [-0.39, 0.29) is 11.5 Å². The molecule has 0 unspecified atom stereocenters. The Bertz CT molecular complexity index is 524. The van der Waals surface area contributed by atoms with E-state index in [4.69, 9.17) is 0 Å². The molecule has 1 amide bonds. The highest BCUT2D eigenvalue weighted by molar-refractivity contribution is 9.10. The lowest BCUT2D eigenvalue weighted by Gasteiger charge is -2.21. The number of aromatic carboxylic acids is 1. The van der Waals surface area contributed by atoms with Crippen molar-refractivity contribution in [2.45, 2.75) is 44.9 Å². The Balaban J connectivity index is 1.91. The fraction of sp³-hybridized carbons (Fsp3) is 0.500. The minimum atomic E-state index is -1.29. The van der Waals surface area contributed by atoms with Gasteiger partial charge in [0, 0.05) is 22.1 Å². The molecule has 1 N–H and O–H groups in total. The number of nitrogens with one attached hydrogen (secondary N) is 1. The molecule has 0 atom stereocenters. The number of carbonyl (C=O) groups excluding carboxylic acids is 2. The maximum atomic E-state index is 12.0. The van der Waals surface area contributed by atoms with Gasteiger partial charge in [-0.15, -0.1) is 0 Å². The van der Waals surface area contributed by atoms with E-state index in [2.05, 4.69) is 21.2 Å². The highest BCUT2D eigenvalue weighted by Gasteiger charge is 2.15. The first kappa shape index (κ1) is 16.0. The molecule has 0 saturated heterocycles. The zero-order valence-electron chi connectivity index (χ0n) is 11.9. The number of anilines is 1. The van der Waals surface area contributed by atoms with E-state index in [1.54, 1.807) is 12.1 Å². The van der Waals surface area contributed by atoms with Gasteiger partial charge in [-0.3, -0.25) is 4.79 Å². The Kier molecular flexibility index (Phi) is 5.79. The first-order chi connectivity index (χ1) is 10.1. The van der Waals surface area contributed by atoms with E-state index in [0.717, 1.165) is 6.42 Å². The van der Waals surface area contributed by atoms with Gasteiger partial charge in [0.05, 0.1) is 5.97 Å². The van der Waals surface area contributed by atoms with Gasteiger partial charge in [-0.25, -0.2) is 0 Å². The zero-order valence-corrected chi connectivity index (χ0v) is 13.4. The van der Waals surface area contributed by atoms with Gasteiger partial charge >= 0.3 is 0 Å². The number of carbonyl (C=O) groups is 2. The molecular weight excluding hydrogens is 334 g/mol. The first-order valence-electron chi connectivity index (χ1n) is 7.37. The van der Waals surface area contributed by atoms with Crippen LogP contribution in [0.5, 0.6) is 0 Å². The van der Waals surface area contributed by atoms with Crippen molar-refractivity contribution < 1.29 is 14.7 Å². The van der Waals surface area contributed by atoms with Crippen molar-refractivity contribution in [3.8, 4) is 0 Å². The summed E-state index contributed by atoms with van der Waals surface area (Å²) in [6.45, 7) is 0. The maximum Gasteiger partial charge on any atom is 0.224 e. The second-order valence-electron chi connectivity index (χ2n) is 5.57. The Morgan fingerprint density at radius 1 is 1.24 bits per heavy atom. The molecule has 1 aliphatic rings. The van der Waals surface area contributed by atoms with Crippen LogP contribution in [0.15, 0.2) is 22.7 Å². The van der Waals surface area contributed by atoms with Crippen molar-refractivity contribution in [3.05, 3.63) is 28.2 Å². The number of hydrogen-bond acceptors (Lipinski definition) is 3. The Hall–Kier alpha value is -1.36. The van der Waals surface area contributed by atoms with Gasteiger partial charge in [-0.2, -0.15) is 0 Å². The van der Waals surface area contributed by atoms with E-state index >= 15 is 0 Å². The SMILES string of the molecule is O=C(CCC1CCCCC1)Nc1ccc(Br)cc1C(=O)[O-]. The zero-order chi connectivity index (χ0) is 15.2. The summed E-state index contributed by atoms with van der Waals surface area (Å²) in [5.41, 5.74) is 0.294. The summed E-state index contributed by atoms with van der Waals surface area (Å²) < 4.78 is 0.641. The average Bonchev–Trinajstić information content (AvgIpc) is 2.48. The molecule has 0 bridgehead atoms. The molecule has 2 rings (SSSR count). The van der Waals surface area contributed by atoms with Crippen LogP contribution in [0.2, 0.25) is 0 Å². The highest BCUT2D eigenvalue weighted by atomic mass is 79.9. The Labute approximate surface area is 133 Å². The summed E-state index contributed by atoms with van der Waals surface area (Å²) in [6, 6.07) is 4.71. The molecule has 1 fully saturated rings. The fourth-order valence-electron chi connectivity index (χ4n) is 2.82. The van der Waals surface area contributed by atoms with Crippen LogP contribution in [0.1, 0.15) is 55.3 Å². The van der Waals surface area contributed by atoms with E-state index in [0.29, 0.717) is 22.5 Å². The molecule has 0 radical (unpaired) electrons. The van der Waals surface area contributed by atoms with Crippen molar-refractivity contribution in [1.82, 2.24) is 0 Å². The summed E-state index contributed by atoms with van der Waals surface area (Å²) in [5, 5.41) is 13.8. The van der Waals surface area contributed by atoms with Crippen LogP contribution in [0.3, 0.4) is 0 Å². The van der Waals surface area contributed by atoms with Crippen LogP contribution in [0.25, 0.3) is 0 Å². The van der Waals surface area contributed by atoms with Crippen molar-refractivity contribution in [2.24, 2.45) is 5.92 Å². The number of benzene rings is 1. The smallest absolute Gasteiger partial charge is 0.224 e. The number of hydrogen-bond donors (Lipinski definition) is 1. The summed E-state index contributed by atoms with van der Waals surface area (Å²) in [5.74, 6) is -0.792. The standard InChI is InChI=1S/C16H20BrNO3/c17-12-7-8-14(13(10-12)16(20)21)18-15(19)9-6-11-4-2-1-3-5-11/h7-8,10-11H,1-6,9H2,(H,18,19)(H,20,21)/p-1. The monoisotopic (exact) mass is 352 g/mol. The van der Waals surface area contributed by atoms with Gasteiger partial charge in [-0.1, -0.05) is 48.0 Å². The van der Waals surface area contributed by atoms with E-state index < -0.39 is 5.97 Å². The van der Waals surface area contributed by atoms with Crippen molar-refractivity contribution in [1.29, 1.82) is 0 Å². The molecule has 1 aliphatic carbocycles. The minimum Gasteiger partial charge on any atom is -0.545 e. The van der Waals surface area contributed by atoms with E-state index in [1.807, 2.05) is 0 Å². The van der Waals surface area contributed by atoms with Crippen LogP contribution < -0.4 is 10.4 Å². The van der Waals surface area contributed by atoms with Crippen molar-refractivity contribution in [2.75, 3.05) is 5.32 Å². The number of rotatable bonds is 5. The number of carboxylic acids is 1. The Morgan fingerprint density at radius 2 is 1.95 bits per heavy atom. The minimum absolute atomic E-state index is 0.00427. The second-order valence-corrected chi connectivity index (χ2v) is 6.48. The maximum absolute atomic E-state index is 12.0. The van der Waals surface area contributed by atoms with Gasteiger partial charge in [0.1, 0.15) is 0 Å². The van der Waals surface area contributed by atoms with Crippen LogP contribution in [-0.2, 0) is 4.79 Å². The predicted molar refractivity (Wildman–Crippen MR) is 82.9 cm³/mol. The van der Waals surface area contributed by atoms with Crippen molar-refractivity contribution >= 4 is 33.5 Å². The molecule has 114 valence electrons. The first-order valence-corrected chi connectivity index (χ1v) is 8.16. The summed E-state index contributed by atoms with van der Waals surface area (Å²) in [4.78, 5) is 23.1. The van der Waals surface area contributed by atoms with Gasteiger partial charge in [-0.05, 0) is 30.5 Å².